The van der Waals surface area contributed by atoms with E-state index < -0.39 is 5.92 Å². The standard InChI is InChI=1S/C21H19N7O2S/c1-12-5-18(26-30-12)28-15-3-2-4-16(29)20(15)19(14(7-22)21(28)23)17-6-13(9-31-17)8-27-11-24-10-25-27/h5-6,9-11,19H,2-4,8,23H2,1H3/t19-/m1/s1. The highest BCUT2D eigenvalue weighted by molar-refractivity contribution is 7.10. The molecule has 1 atom stereocenters. The number of nitrogens with two attached hydrogens (primary N) is 1. The molecule has 5 rings (SSSR count). The number of aromatic nitrogens is 4. The number of hydrogen-bond acceptors (Lipinski definition) is 9. The molecule has 1 aliphatic carbocycles. The number of aryl methyl sites for hydroxylation is 1. The molecule has 0 amide bonds. The molecule has 1 aliphatic heterocycles. The topological polar surface area (TPSA) is 127 Å². The summed E-state index contributed by atoms with van der Waals surface area (Å²) in [5, 5.41) is 20.3. The van der Waals surface area contributed by atoms with Gasteiger partial charge in [-0.15, -0.1) is 11.3 Å². The first-order valence-corrected chi connectivity index (χ1v) is 10.7. The number of hydrogen-bond donors (Lipinski definition) is 1. The average Bonchev–Trinajstić information content (AvgIpc) is 3.51. The van der Waals surface area contributed by atoms with Crippen molar-refractivity contribution in [2.24, 2.45) is 5.73 Å². The highest BCUT2D eigenvalue weighted by Crippen LogP contribution is 2.47. The molecule has 0 fully saturated rings. The van der Waals surface area contributed by atoms with Crippen LogP contribution in [0, 0.1) is 18.3 Å². The number of anilines is 1. The van der Waals surface area contributed by atoms with Gasteiger partial charge in [-0.3, -0.25) is 9.69 Å². The first-order valence-electron chi connectivity index (χ1n) is 9.86. The minimum absolute atomic E-state index is 0.0444. The molecule has 3 aromatic rings. The number of ketones is 1. The van der Waals surface area contributed by atoms with Gasteiger partial charge >= 0.3 is 0 Å². The van der Waals surface area contributed by atoms with Crippen molar-refractivity contribution < 1.29 is 9.32 Å². The van der Waals surface area contributed by atoms with E-state index in [4.69, 9.17) is 10.3 Å². The summed E-state index contributed by atoms with van der Waals surface area (Å²) in [6.45, 7) is 2.35. The van der Waals surface area contributed by atoms with Gasteiger partial charge in [0.25, 0.3) is 0 Å². The zero-order valence-electron chi connectivity index (χ0n) is 16.8. The van der Waals surface area contributed by atoms with Crippen LogP contribution in [0.5, 0.6) is 0 Å². The van der Waals surface area contributed by atoms with Gasteiger partial charge in [0, 0.05) is 28.6 Å². The monoisotopic (exact) mass is 433 g/mol. The lowest BCUT2D eigenvalue weighted by atomic mass is 9.78. The lowest BCUT2D eigenvalue weighted by Gasteiger charge is -2.37. The summed E-state index contributed by atoms with van der Waals surface area (Å²) in [4.78, 5) is 19.7. The van der Waals surface area contributed by atoms with Gasteiger partial charge in [0.1, 0.15) is 24.2 Å². The van der Waals surface area contributed by atoms with E-state index in [1.54, 1.807) is 28.9 Å². The Kier molecular flexibility index (Phi) is 4.67. The van der Waals surface area contributed by atoms with E-state index in [1.165, 1.54) is 17.7 Å². The first kappa shape index (κ1) is 19.3. The smallest absolute Gasteiger partial charge is 0.182 e. The Hall–Kier alpha value is -3.71. The molecule has 0 unspecified atom stereocenters. The Morgan fingerprint density at radius 3 is 2.97 bits per heavy atom. The molecule has 0 bridgehead atoms. The maximum Gasteiger partial charge on any atom is 0.182 e. The Bertz CT molecular complexity index is 1260. The SMILES string of the molecule is Cc1cc(N2C(N)=C(C#N)[C@H](c3cc(Cn4cncn4)cs3)C3=C2CCCC3=O)no1. The van der Waals surface area contributed by atoms with Crippen LogP contribution in [0.2, 0.25) is 0 Å². The molecular weight excluding hydrogens is 414 g/mol. The van der Waals surface area contributed by atoms with Crippen molar-refractivity contribution in [3.05, 3.63) is 69.0 Å². The molecule has 0 aromatic carbocycles. The summed E-state index contributed by atoms with van der Waals surface area (Å²) in [5.41, 5.74) is 9.32. The number of nitrogens with zero attached hydrogens (tertiary/aromatic N) is 6. The molecule has 0 saturated carbocycles. The third kappa shape index (κ3) is 3.23. The van der Waals surface area contributed by atoms with Gasteiger partial charge < -0.3 is 10.3 Å². The lowest BCUT2D eigenvalue weighted by molar-refractivity contribution is -0.116. The number of allylic oxidation sites excluding steroid dienone is 3. The minimum atomic E-state index is -0.480. The van der Waals surface area contributed by atoms with Gasteiger partial charge in [-0.25, -0.2) is 9.67 Å². The Balaban J connectivity index is 1.62. The molecule has 2 aliphatic rings. The van der Waals surface area contributed by atoms with E-state index in [2.05, 4.69) is 21.3 Å². The molecule has 3 aromatic heterocycles. The number of nitriles is 1. The summed E-state index contributed by atoms with van der Waals surface area (Å²) in [6.07, 6.45) is 5.01. The van der Waals surface area contributed by atoms with Crippen molar-refractivity contribution in [1.82, 2.24) is 19.9 Å². The van der Waals surface area contributed by atoms with Gasteiger partial charge in [-0.1, -0.05) is 5.16 Å². The molecule has 31 heavy (non-hydrogen) atoms. The van der Waals surface area contributed by atoms with Gasteiger partial charge in [0.2, 0.25) is 0 Å². The fourth-order valence-corrected chi connectivity index (χ4v) is 5.24. The number of rotatable bonds is 4. The van der Waals surface area contributed by atoms with Crippen LogP contribution < -0.4 is 10.6 Å². The van der Waals surface area contributed by atoms with Gasteiger partial charge in [-0.05, 0) is 36.8 Å². The van der Waals surface area contributed by atoms with Crippen molar-refractivity contribution in [1.29, 1.82) is 5.26 Å². The van der Waals surface area contributed by atoms with Crippen molar-refractivity contribution in [2.45, 2.75) is 38.6 Å². The summed E-state index contributed by atoms with van der Waals surface area (Å²) in [5.74, 6) is 0.972. The second kappa shape index (κ2) is 7.52. The normalized spacial score (nSPS) is 19.0. The number of carbonyl (C=O) groups excluding carboxylic acids is 1. The summed E-state index contributed by atoms with van der Waals surface area (Å²) >= 11 is 1.52. The molecule has 9 nitrogen and oxygen atoms in total. The van der Waals surface area contributed by atoms with Gasteiger partial charge in [0.05, 0.1) is 24.1 Å². The molecular formula is C21H19N7O2S. The summed E-state index contributed by atoms with van der Waals surface area (Å²) in [7, 11) is 0. The fraction of sp³-hybridized carbons (Fsp3) is 0.286. The van der Waals surface area contributed by atoms with Gasteiger partial charge in [0.15, 0.2) is 11.6 Å². The first-order chi connectivity index (χ1) is 15.1. The van der Waals surface area contributed by atoms with Crippen LogP contribution in [0.25, 0.3) is 0 Å². The van der Waals surface area contributed by atoms with Crippen LogP contribution >= 0.6 is 11.3 Å². The molecule has 4 heterocycles. The van der Waals surface area contributed by atoms with E-state index in [0.29, 0.717) is 47.9 Å². The predicted octanol–water partition coefficient (Wildman–Crippen LogP) is 2.99. The van der Waals surface area contributed by atoms with E-state index in [1.807, 2.05) is 11.4 Å². The van der Waals surface area contributed by atoms with Crippen LogP contribution in [-0.4, -0.2) is 25.7 Å². The zero-order chi connectivity index (χ0) is 21.5. The van der Waals surface area contributed by atoms with Crippen LogP contribution in [0.15, 0.2) is 57.4 Å². The Morgan fingerprint density at radius 2 is 2.26 bits per heavy atom. The van der Waals surface area contributed by atoms with E-state index in [0.717, 1.165) is 22.6 Å². The molecule has 10 heteroatoms. The quantitative estimate of drug-likeness (QED) is 0.665. The maximum absolute atomic E-state index is 13.1. The average molecular weight is 433 g/mol. The predicted molar refractivity (Wildman–Crippen MR) is 113 cm³/mol. The second-order valence-corrected chi connectivity index (χ2v) is 8.51. The molecule has 0 spiro atoms. The van der Waals surface area contributed by atoms with Crippen LogP contribution in [0.3, 0.4) is 0 Å². The maximum atomic E-state index is 13.1. The van der Waals surface area contributed by atoms with Crippen LogP contribution in [-0.2, 0) is 11.3 Å². The van der Waals surface area contributed by atoms with Gasteiger partial charge in [-0.2, -0.15) is 10.4 Å². The molecule has 2 N–H and O–H groups in total. The van der Waals surface area contributed by atoms with Crippen LogP contribution in [0.1, 0.15) is 41.4 Å². The summed E-state index contributed by atoms with van der Waals surface area (Å²) < 4.78 is 6.96. The minimum Gasteiger partial charge on any atom is -0.384 e. The highest BCUT2D eigenvalue weighted by atomic mass is 32.1. The van der Waals surface area contributed by atoms with Crippen molar-refractivity contribution in [3.8, 4) is 6.07 Å². The van der Waals surface area contributed by atoms with Crippen molar-refractivity contribution in [2.75, 3.05) is 4.90 Å². The third-order valence-electron chi connectivity index (χ3n) is 5.53. The van der Waals surface area contributed by atoms with Crippen molar-refractivity contribution >= 4 is 22.9 Å². The Labute approximate surface area is 182 Å². The number of Topliss-reactive ketones (excluding diaryl/α,β-unsaturated/α-hetero) is 1. The van der Waals surface area contributed by atoms with Crippen LogP contribution in [0.4, 0.5) is 5.82 Å². The number of carbonyl (C=O) groups is 1. The Morgan fingerprint density at radius 1 is 1.39 bits per heavy atom. The molecule has 156 valence electrons. The van der Waals surface area contributed by atoms with E-state index in [-0.39, 0.29) is 5.78 Å². The lowest BCUT2D eigenvalue weighted by Crippen LogP contribution is -2.38. The molecule has 0 radical (unpaired) electrons. The highest BCUT2D eigenvalue weighted by Gasteiger charge is 2.41. The molecule has 0 saturated heterocycles. The second-order valence-electron chi connectivity index (χ2n) is 7.56. The van der Waals surface area contributed by atoms with E-state index in [9.17, 15) is 10.1 Å². The van der Waals surface area contributed by atoms with Crippen molar-refractivity contribution in [3.63, 3.8) is 0 Å². The summed E-state index contributed by atoms with van der Waals surface area (Å²) in [6, 6.07) is 6.04. The van der Waals surface area contributed by atoms with E-state index >= 15 is 0 Å². The zero-order valence-corrected chi connectivity index (χ0v) is 17.6. The largest absolute Gasteiger partial charge is 0.384 e. The fourth-order valence-electron chi connectivity index (χ4n) is 4.22. The number of thiophene rings is 1. The third-order valence-corrected chi connectivity index (χ3v) is 6.57.